The molecule has 0 N–H and O–H groups in total. The lowest BCUT2D eigenvalue weighted by Gasteiger charge is -2.39. The highest BCUT2D eigenvalue weighted by atomic mass is 15.3. The summed E-state index contributed by atoms with van der Waals surface area (Å²) in [4.78, 5) is 15.0. The average Bonchev–Trinajstić information content (AvgIpc) is 2.47. The molecule has 0 bridgehead atoms. The molecule has 4 heterocycles. The van der Waals surface area contributed by atoms with Gasteiger partial charge in [0, 0.05) is 43.0 Å². The van der Waals surface area contributed by atoms with E-state index in [9.17, 15) is 0 Å². The van der Waals surface area contributed by atoms with E-state index < -0.39 is 0 Å². The molecule has 1 fully saturated rings. The van der Waals surface area contributed by atoms with Crippen molar-refractivity contribution in [1.82, 2.24) is 25.1 Å². The third-order valence-electron chi connectivity index (χ3n) is 3.59. The van der Waals surface area contributed by atoms with E-state index in [0.29, 0.717) is 5.92 Å². The van der Waals surface area contributed by atoms with Crippen molar-refractivity contribution < 1.29 is 0 Å². The molecule has 4 rings (SSSR count). The van der Waals surface area contributed by atoms with Gasteiger partial charge in [-0.15, -0.1) is 0 Å². The van der Waals surface area contributed by atoms with Crippen LogP contribution in [0.2, 0.25) is 0 Å². The van der Waals surface area contributed by atoms with Gasteiger partial charge in [0.15, 0.2) is 0 Å². The molecule has 0 radical (unpaired) electrons. The second-order valence-corrected chi connectivity index (χ2v) is 4.84. The summed E-state index contributed by atoms with van der Waals surface area (Å²) >= 11 is 0. The molecule has 98 valence electrons. The van der Waals surface area contributed by atoms with Crippen molar-refractivity contribution in [2.45, 2.75) is 5.92 Å². The molecule has 0 aliphatic carbocycles. The Morgan fingerprint density at radius 3 is 2.85 bits per heavy atom. The van der Waals surface area contributed by atoms with Crippen molar-refractivity contribution >= 4 is 16.7 Å². The molecule has 0 amide bonds. The summed E-state index contributed by atoms with van der Waals surface area (Å²) in [5.41, 5.74) is 1.93. The first kappa shape index (κ1) is 11.2. The number of hydrogen-bond acceptors (Lipinski definition) is 6. The Labute approximate surface area is 115 Å². The van der Waals surface area contributed by atoms with Crippen LogP contribution >= 0.6 is 0 Å². The van der Waals surface area contributed by atoms with Gasteiger partial charge in [-0.05, 0) is 12.1 Å². The second kappa shape index (κ2) is 4.48. The number of fused-ring (bicyclic) bond motifs is 1. The van der Waals surface area contributed by atoms with Gasteiger partial charge in [-0.25, -0.2) is 4.98 Å². The molecule has 6 heteroatoms. The van der Waals surface area contributed by atoms with Crippen molar-refractivity contribution in [2.75, 3.05) is 18.0 Å². The normalized spacial score (nSPS) is 15.3. The molecule has 0 spiro atoms. The van der Waals surface area contributed by atoms with Crippen molar-refractivity contribution in [3.63, 3.8) is 0 Å². The van der Waals surface area contributed by atoms with Crippen LogP contribution in [0.3, 0.4) is 0 Å². The van der Waals surface area contributed by atoms with E-state index in [-0.39, 0.29) is 0 Å². The first-order chi connectivity index (χ1) is 9.92. The van der Waals surface area contributed by atoms with Crippen molar-refractivity contribution in [3.8, 4) is 0 Å². The molecule has 3 aromatic heterocycles. The third-order valence-corrected chi connectivity index (χ3v) is 3.59. The van der Waals surface area contributed by atoms with Crippen LogP contribution in [0.5, 0.6) is 0 Å². The summed E-state index contributed by atoms with van der Waals surface area (Å²) in [6.45, 7) is 1.76. The van der Waals surface area contributed by atoms with Gasteiger partial charge in [-0.1, -0.05) is 0 Å². The van der Waals surface area contributed by atoms with Gasteiger partial charge in [0.2, 0.25) is 0 Å². The van der Waals surface area contributed by atoms with Gasteiger partial charge in [0.1, 0.15) is 5.82 Å². The van der Waals surface area contributed by atoms with Crippen LogP contribution in [0.1, 0.15) is 11.6 Å². The zero-order valence-corrected chi connectivity index (χ0v) is 10.7. The number of pyridine rings is 1. The van der Waals surface area contributed by atoms with E-state index >= 15 is 0 Å². The van der Waals surface area contributed by atoms with Crippen molar-refractivity contribution in [1.29, 1.82) is 0 Å². The molecule has 6 nitrogen and oxygen atoms in total. The van der Waals surface area contributed by atoms with Crippen LogP contribution in [0.15, 0.2) is 43.1 Å². The highest BCUT2D eigenvalue weighted by Crippen LogP contribution is 2.31. The zero-order valence-electron chi connectivity index (χ0n) is 10.7. The topological polar surface area (TPSA) is 67.7 Å². The zero-order chi connectivity index (χ0) is 13.4. The minimum absolute atomic E-state index is 0.350. The Balaban J connectivity index is 1.61. The van der Waals surface area contributed by atoms with Crippen LogP contribution in [0.4, 0.5) is 5.82 Å². The molecule has 1 aliphatic heterocycles. The van der Waals surface area contributed by atoms with Crippen molar-refractivity contribution in [3.05, 3.63) is 48.8 Å². The minimum atomic E-state index is 0.350. The first-order valence-electron chi connectivity index (χ1n) is 6.49. The predicted octanol–water partition coefficient (Wildman–Crippen LogP) is 1.42. The maximum atomic E-state index is 4.43. The lowest BCUT2D eigenvalue weighted by Crippen LogP contribution is -2.46. The molecular formula is C14H12N6. The van der Waals surface area contributed by atoms with Gasteiger partial charge in [-0.3, -0.25) is 9.97 Å². The van der Waals surface area contributed by atoms with Gasteiger partial charge in [0.25, 0.3) is 0 Å². The fourth-order valence-electron chi connectivity index (χ4n) is 2.50. The summed E-state index contributed by atoms with van der Waals surface area (Å²) in [5, 5.41) is 9.40. The quantitative estimate of drug-likeness (QED) is 0.697. The number of anilines is 1. The van der Waals surface area contributed by atoms with Crippen LogP contribution < -0.4 is 4.90 Å². The summed E-state index contributed by atoms with van der Waals surface area (Å²) in [7, 11) is 0. The van der Waals surface area contributed by atoms with E-state index in [1.165, 1.54) is 0 Å². The van der Waals surface area contributed by atoms with Crippen molar-refractivity contribution in [2.24, 2.45) is 0 Å². The maximum absolute atomic E-state index is 4.43. The fourth-order valence-corrected chi connectivity index (χ4v) is 2.50. The molecule has 0 atom stereocenters. The van der Waals surface area contributed by atoms with Crippen LogP contribution in [-0.2, 0) is 0 Å². The molecule has 1 aliphatic rings. The highest BCUT2D eigenvalue weighted by Gasteiger charge is 2.32. The average molecular weight is 264 g/mol. The van der Waals surface area contributed by atoms with Crippen LogP contribution in [-0.4, -0.2) is 38.2 Å². The first-order valence-corrected chi connectivity index (χ1v) is 6.49. The van der Waals surface area contributed by atoms with E-state index in [2.05, 4.69) is 30.0 Å². The fraction of sp³-hybridized carbons (Fsp3) is 0.214. The molecular weight excluding hydrogens is 252 g/mol. The van der Waals surface area contributed by atoms with Gasteiger partial charge >= 0.3 is 0 Å². The Kier molecular flexibility index (Phi) is 2.51. The van der Waals surface area contributed by atoms with Crippen LogP contribution in [0, 0.1) is 0 Å². The second-order valence-electron chi connectivity index (χ2n) is 4.84. The standard InChI is InChI=1S/C14H12N6/c1-2-10-6-18-19-14(13(10)17-3-1)11-8-20(9-11)12-7-15-4-5-16-12/h1-7,11H,8-9H2. The van der Waals surface area contributed by atoms with E-state index in [1.807, 2.05) is 12.1 Å². The molecule has 20 heavy (non-hydrogen) atoms. The highest BCUT2D eigenvalue weighted by molar-refractivity contribution is 5.80. The lowest BCUT2D eigenvalue weighted by atomic mass is 9.94. The summed E-state index contributed by atoms with van der Waals surface area (Å²) < 4.78 is 0. The van der Waals surface area contributed by atoms with Gasteiger partial charge < -0.3 is 4.90 Å². The maximum Gasteiger partial charge on any atom is 0.147 e. The largest absolute Gasteiger partial charge is 0.354 e. The Morgan fingerprint density at radius 1 is 1.05 bits per heavy atom. The number of nitrogens with zero attached hydrogens (tertiary/aromatic N) is 6. The summed E-state index contributed by atoms with van der Waals surface area (Å²) in [6, 6.07) is 3.93. The third kappa shape index (κ3) is 1.77. The summed E-state index contributed by atoms with van der Waals surface area (Å²) in [6.07, 6.45) is 8.73. The lowest BCUT2D eigenvalue weighted by molar-refractivity contribution is 0.506. The predicted molar refractivity (Wildman–Crippen MR) is 74.3 cm³/mol. The van der Waals surface area contributed by atoms with E-state index in [0.717, 1.165) is 35.5 Å². The molecule has 3 aromatic rings. The number of aromatic nitrogens is 5. The smallest absolute Gasteiger partial charge is 0.147 e. The van der Waals surface area contributed by atoms with E-state index in [4.69, 9.17) is 0 Å². The minimum Gasteiger partial charge on any atom is -0.354 e. The Hall–Kier alpha value is -2.63. The molecule has 1 saturated heterocycles. The van der Waals surface area contributed by atoms with Crippen LogP contribution in [0.25, 0.3) is 10.9 Å². The monoisotopic (exact) mass is 264 g/mol. The molecule has 0 unspecified atom stereocenters. The summed E-state index contributed by atoms with van der Waals surface area (Å²) in [5.74, 6) is 1.26. The number of hydrogen-bond donors (Lipinski definition) is 0. The van der Waals surface area contributed by atoms with Gasteiger partial charge in [0.05, 0.1) is 23.6 Å². The SMILES string of the molecule is c1cnc2c(C3CN(c4cnccn4)C3)nncc2c1. The molecule has 0 saturated carbocycles. The van der Waals surface area contributed by atoms with Gasteiger partial charge in [-0.2, -0.15) is 10.2 Å². The Morgan fingerprint density at radius 2 is 2.00 bits per heavy atom. The Bertz CT molecular complexity index is 734. The molecule has 0 aromatic carbocycles. The number of rotatable bonds is 2. The van der Waals surface area contributed by atoms with E-state index in [1.54, 1.807) is 31.0 Å².